The van der Waals surface area contributed by atoms with Crippen LogP contribution in [0.4, 0.5) is 19.3 Å². The van der Waals surface area contributed by atoms with Crippen LogP contribution in [0, 0.1) is 11.6 Å². The largest absolute Gasteiger partial charge is 0.494 e. The van der Waals surface area contributed by atoms with E-state index in [0.717, 1.165) is 19.2 Å². The molecule has 1 N–H and O–H groups in total. The summed E-state index contributed by atoms with van der Waals surface area (Å²) >= 11 is 0. The Bertz CT molecular complexity index is 395. The first-order valence-electron chi connectivity index (χ1n) is 3.97. The molecule has 0 saturated carbocycles. The van der Waals surface area contributed by atoms with Gasteiger partial charge in [-0.05, 0) is 0 Å². The summed E-state index contributed by atoms with van der Waals surface area (Å²) in [6, 6.07) is 1.56. The Morgan fingerprint density at radius 3 is 2.47 bits per heavy atom. The highest BCUT2D eigenvalue weighted by atomic mass is 19.1. The Hall–Kier alpha value is -1.85. The van der Waals surface area contributed by atoms with Gasteiger partial charge in [-0.15, -0.1) is 0 Å². The third-order valence-corrected chi connectivity index (χ3v) is 1.87. The SMILES string of the molecule is COc1cc(F)c(N(C)C(=O)O)cc1F. The van der Waals surface area contributed by atoms with E-state index in [9.17, 15) is 13.6 Å². The van der Waals surface area contributed by atoms with Crippen molar-refractivity contribution in [2.75, 3.05) is 19.1 Å². The first-order valence-corrected chi connectivity index (χ1v) is 3.97. The van der Waals surface area contributed by atoms with Crippen molar-refractivity contribution in [2.45, 2.75) is 0 Å². The normalized spacial score (nSPS) is 9.87. The molecule has 0 saturated heterocycles. The van der Waals surface area contributed by atoms with Crippen LogP contribution in [0.2, 0.25) is 0 Å². The molecule has 0 aliphatic rings. The number of methoxy groups -OCH3 is 1. The number of rotatable bonds is 2. The van der Waals surface area contributed by atoms with Gasteiger partial charge in [-0.3, -0.25) is 4.90 Å². The number of hydrogen-bond acceptors (Lipinski definition) is 2. The average molecular weight is 217 g/mol. The number of hydrogen-bond donors (Lipinski definition) is 1. The molecule has 15 heavy (non-hydrogen) atoms. The van der Waals surface area contributed by atoms with E-state index in [-0.39, 0.29) is 11.4 Å². The maximum atomic E-state index is 13.3. The Labute approximate surface area is 84.7 Å². The second-order valence-corrected chi connectivity index (χ2v) is 2.78. The van der Waals surface area contributed by atoms with E-state index in [2.05, 4.69) is 4.74 Å². The van der Waals surface area contributed by atoms with Crippen molar-refractivity contribution in [3.05, 3.63) is 23.8 Å². The van der Waals surface area contributed by atoms with Gasteiger partial charge in [0.15, 0.2) is 17.4 Å². The minimum absolute atomic E-state index is 0.268. The number of anilines is 1. The second kappa shape index (κ2) is 4.12. The van der Waals surface area contributed by atoms with Gasteiger partial charge in [0.1, 0.15) is 0 Å². The van der Waals surface area contributed by atoms with Gasteiger partial charge >= 0.3 is 6.09 Å². The number of amides is 1. The molecule has 0 fully saturated rings. The third kappa shape index (κ3) is 2.15. The minimum atomic E-state index is -1.38. The molecule has 1 aromatic rings. The van der Waals surface area contributed by atoms with Crippen molar-refractivity contribution in [2.24, 2.45) is 0 Å². The van der Waals surface area contributed by atoms with Crippen LogP contribution in [0.15, 0.2) is 12.1 Å². The molecule has 0 radical (unpaired) electrons. The molecular weight excluding hydrogens is 208 g/mol. The zero-order valence-electron chi connectivity index (χ0n) is 8.12. The maximum Gasteiger partial charge on any atom is 0.411 e. The van der Waals surface area contributed by atoms with Gasteiger partial charge in [-0.2, -0.15) is 0 Å². The summed E-state index contributed by atoms with van der Waals surface area (Å²) in [5.41, 5.74) is -0.360. The van der Waals surface area contributed by atoms with Gasteiger partial charge in [0.05, 0.1) is 12.8 Å². The molecule has 0 aliphatic carbocycles. The van der Waals surface area contributed by atoms with Gasteiger partial charge in [0, 0.05) is 19.2 Å². The Balaban J connectivity index is 3.21. The van der Waals surface area contributed by atoms with Crippen molar-refractivity contribution in [3.8, 4) is 5.75 Å². The van der Waals surface area contributed by atoms with E-state index in [0.29, 0.717) is 4.90 Å². The zero-order valence-corrected chi connectivity index (χ0v) is 8.12. The maximum absolute atomic E-state index is 13.3. The lowest BCUT2D eigenvalue weighted by molar-refractivity contribution is 0.203. The summed E-state index contributed by atoms with van der Waals surface area (Å²) in [5.74, 6) is -1.95. The van der Waals surface area contributed by atoms with Crippen molar-refractivity contribution in [1.29, 1.82) is 0 Å². The fourth-order valence-corrected chi connectivity index (χ4v) is 1.03. The molecule has 1 amide bonds. The highest BCUT2D eigenvalue weighted by molar-refractivity contribution is 5.85. The topological polar surface area (TPSA) is 49.8 Å². The highest BCUT2D eigenvalue weighted by Crippen LogP contribution is 2.26. The standard InChI is InChI=1S/C9H9F2NO3/c1-12(9(13)14)7-3-6(11)8(15-2)4-5(7)10/h3-4H,1-2H3,(H,13,14). The summed E-state index contributed by atoms with van der Waals surface area (Å²) in [5, 5.41) is 8.58. The quantitative estimate of drug-likeness (QED) is 0.825. The minimum Gasteiger partial charge on any atom is -0.494 e. The third-order valence-electron chi connectivity index (χ3n) is 1.87. The molecule has 0 unspecified atom stereocenters. The molecule has 82 valence electrons. The Kier molecular flexibility index (Phi) is 3.08. The summed E-state index contributed by atoms with van der Waals surface area (Å²) in [6.07, 6.45) is -1.38. The molecule has 0 heterocycles. The second-order valence-electron chi connectivity index (χ2n) is 2.78. The fourth-order valence-electron chi connectivity index (χ4n) is 1.03. The van der Waals surface area contributed by atoms with E-state index >= 15 is 0 Å². The monoisotopic (exact) mass is 217 g/mol. The van der Waals surface area contributed by atoms with Gasteiger partial charge in [0.2, 0.25) is 0 Å². The van der Waals surface area contributed by atoms with E-state index < -0.39 is 17.7 Å². The molecule has 0 spiro atoms. The van der Waals surface area contributed by atoms with Crippen LogP contribution in [0.5, 0.6) is 5.75 Å². The molecule has 0 bridgehead atoms. The van der Waals surface area contributed by atoms with Gasteiger partial charge in [-0.25, -0.2) is 13.6 Å². The molecule has 6 heteroatoms. The number of nitrogens with zero attached hydrogens (tertiary/aromatic N) is 1. The lowest BCUT2D eigenvalue weighted by atomic mass is 10.2. The predicted octanol–water partition coefficient (Wildman–Crippen LogP) is 2.09. The molecule has 1 rings (SSSR count). The van der Waals surface area contributed by atoms with Crippen LogP contribution >= 0.6 is 0 Å². The fraction of sp³-hybridized carbons (Fsp3) is 0.222. The number of benzene rings is 1. The van der Waals surface area contributed by atoms with Gasteiger partial charge < -0.3 is 9.84 Å². The molecular formula is C9H9F2NO3. The lowest BCUT2D eigenvalue weighted by Gasteiger charge is -2.14. The van der Waals surface area contributed by atoms with Crippen LogP contribution in [-0.2, 0) is 0 Å². The van der Waals surface area contributed by atoms with Gasteiger partial charge in [-0.1, -0.05) is 0 Å². The van der Waals surface area contributed by atoms with Crippen LogP contribution < -0.4 is 9.64 Å². The van der Waals surface area contributed by atoms with Crippen LogP contribution in [0.25, 0.3) is 0 Å². The van der Waals surface area contributed by atoms with Crippen LogP contribution in [0.1, 0.15) is 0 Å². The highest BCUT2D eigenvalue weighted by Gasteiger charge is 2.17. The zero-order chi connectivity index (χ0) is 11.6. The van der Waals surface area contributed by atoms with Crippen molar-refractivity contribution >= 4 is 11.8 Å². The number of carboxylic acid groups (broad SMARTS) is 1. The summed E-state index contributed by atoms with van der Waals surface area (Å²) in [6.45, 7) is 0. The Morgan fingerprint density at radius 2 is 2.00 bits per heavy atom. The summed E-state index contributed by atoms with van der Waals surface area (Å²) in [4.78, 5) is 11.1. The van der Waals surface area contributed by atoms with Crippen LogP contribution in [0.3, 0.4) is 0 Å². The summed E-state index contributed by atoms with van der Waals surface area (Å²) in [7, 11) is 2.31. The van der Waals surface area contributed by atoms with Crippen molar-refractivity contribution < 1.29 is 23.4 Å². The number of carbonyl (C=O) groups is 1. The molecule has 0 aromatic heterocycles. The molecule has 0 atom stereocenters. The van der Waals surface area contributed by atoms with Crippen molar-refractivity contribution in [3.63, 3.8) is 0 Å². The Morgan fingerprint density at radius 1 is 1.40 bits per heavy atom. The first kappa shape index (κ1) is 11.2. The van der Waals surface area contributed by atoms with Crippen molar-refractivity contribution in [1.82, 2.24) is 0 Å². The van der Waals surface area contributed by atoms with E-state index in [1.165, 1.54) is 7.11 Å². The number of ether oxygens (including phenoxy) is 1. The van der Waals surface area contributed by atoms with E-state index in [4.69, 9.17) is 5.11 Å². The van der Waals surface area contributed by atoms with Gasteiger partial charge in [0.25, 0.3) is 0 Å². The predicted molar refractivity (Wildman–Crippen MR) is 49.3 cm³/mol. The average Bonchev–Trinajstić information content (AvgIpc) is 2.19. The number of halogens is 2. The molecule has 0 aliphatic heterocycles. The molecule has 1 aromatic carbocycles. The molecule has 4 nitrogen and oxygen atoms in total. The smallest absolute Gasteiger partial charge is 0.411 e. The van der Waals surface area contributed by atoms with E-state index in [1.807, 2.05) is 0 Å². The lowest BCUT2D eigenvalue weighted by Crippen LogP contribution is -2.25. The summed E-state index contributed by atoms with van der Waals surface area (Å²) < 4.78 is 31.0. The van der Waals surface area contributed by atoms with Crippen LogP contribution in [-0.4, -0.2) is 25.4 Å². The first-order chi connectivity index (χ1) is 6.97. The van der Waals surface area contributed by atoms with E-state index in [1.54, 1.807) is 0 Å².